The van der Waals surface area contributed by atoms with Crippen LogP contribution in [0.1, 0.15) is 0 Å². The fourth-order valence-electron chi connectivity index (χ4n) is 2.03. The molecular weight excluding hydrogens is 321 g/mol. The van der Waals surface area contributed by atoms with E-state index in [0.717, 1.165) is 21.1 Å². The van der Waals surface area contributed by atoms with Crippen LogP contribution in [0.2, 0.25) is 0 Å². The summed E-state index contributed by atoms with van der Waals surface area (Å²) < 4.78 is 14.1. The number of halogens is 2. The van der Waals surface area contributed by atoms with Gasteiger partial charge in [-0.2, -0.15) is 0 Å². The number of benzene rings is 2. The molecule has 0 aliphatic carbocycles. The van der Waals surface area contributed by atoms with Crippen LogP contribution in [0.25, 0.3) is 10.9 Å². The van der Waals surface area contributed by atoms with Crippen molar-refractivity contribution in [2.24, 2.45) is 0 Å². The normalized spacial score (nSPS) is 10.7. The van der Waals surface area contributed by atoms with Crippen molar-refractivity contribution >= 4 is 43.9 Å². The van der Waals surface area contributed by atoms with Crippen LogP contribution in [0.3, 0.4) is 0 Å². The molecule has 0 unspecified atom stereocenters. The monoisotopic (exact) mass is 331 g/mol. The molecule has 0 aliphatic rings. The third-order valence-corrected chi connectivity index (χ3v) is 3.69. The van der Waals surface area contributed by atoms with Gasteiger partial charge in [0.25, 0.3) is 0 Å². The number of hydrogen-bond acceptors (Lipinski definition) is 3. The topological polar surface area (TPSA) is 50.9 Å². The first kappa shape index (κ1) is 12.9. The van der Waals surface area contributed by atoms with E-state index in [0.29, 0.717) is 11.4 Å². The van der Waals surface area contributed by atoms with Crippen molar-refractivity contribution in [1.82, 2.24) is 4.98 Å². The lowest BCUT2D eigenvalue weighted by Gasteiger charge is -2.12. The summed E-state index contributed by atoms with van der Waals surface area (Å²) in [4.78, 5) is 4.34. The maximum Gasteiger partial charge on any atom is 0.125 e. The van der Waals surface area contributed by atoms with Crippen molar-refractivity contribution < 1.29 is 4.39 Å². The molecule has 100 valence electrons. The molecule has 0 saturated heterocycles. The molecule has 3 N–H and O–H groups in total. The first-order valence-corrected chi connectivity index (χ1v) is 6.80. The second-order valence-corrected chi connectivity index (χ2v) is 5.21. The predicted molar refractivity (Wildman–Crippen MR) is 83.5 cm³/mol. The van der Waals surface area contributed by atoms with Crippen molar-refractivity contribution in [3.63, 3.8) is 0 Å². The standard InChI is InChI=1S/C15H11BrFN3/c16-11-4-3-9(17)8-14(11)20-13-6-5-12(18)10-2-1-7-19-15(10)13/h1-8,20H,18H2. The molecule has 3 nitrogen and oxygen atoms in total. The zero-order valence-corrected chi connectivity index (χ0v) is 12.0. The Kier molecular flexibility index (Phi) is 3.28. The minimum absolute atomic E-state index is 0.302. The molecule has 0 amide bonds. The van der Waals surface area contributed by atoms with Crippen molar-refractivity contribution in [3.05, 3.63) is 59.0 Å². The van der Waals surface area contributed by atoms with Crippen molar-refractivity contribution in [2.75, 3.05) is 11.1 Å². The molecule has 3 rings (SSSR count). The molecule has 20 heavy (non-hydrogen) atoms. The van der Waals surface area contributed by atoms with Gasteiger partial charge in [0, 0.05) is 21.7 Å². The van der Waals surface area contributed by atoms with Crippen LogP contribution in [-0.4, -0.2) is 4.98 Å². The van der Waals surface area contributed by atoms with E-state index in [1.165, 1.54) is 12.1 Å². The summed E-state index contributed by atoms with van der Waals surface area (Å²) in [6, 6.07) is 11.9. The lowest BCUT2D eigenvalue weighted by molar-refractivity contribution is 0.628. The number of hydrogen-bond donors (Lipinski definition) is 2. The molecule has 1 heterocycles. The maximum absolute atomic E-state index is 13.3. The Hall–Kier alpha value is -2.14. The largest absolute Gasteiger partial charge is 0.398 e. The van der Waals surface area contributed by atoms with E-state index in [-0.39, 0.29) is 5.82 Å². The highest BCUT2D eigenvalue weighted by atomic mass is 79.9. The quantitative estimate of drug-likeness (QED) is 0.681. The van der Waals surface area contributed by atoms with Crippen LogP contribution < -0.4 is 11.1 Å². The van der Waals surface area contributed by atoms with E-state index in [4.69, 9.17) is 5.73 Å². The van der Waals surface area contributed by atoms with Gasteiger partial charge >= 0.3 is 0 Å². The van der Waals surface area contributed by atoms with Crippen LogP contribution in [0.5, 0.6) is 0 Å². The van der Waals surface area contributed by atoms with Gasteiger partial charge in [0.15, 0.2) is 0 Å². The number of nitrogens with zero attached hydrogens (tertiary/aromatic N) is 1. The highest BCUT2D eigenvalue weighted by molar-refractivity contribution is 9.10. The van der Waals surface area contributed by atoms with E-state index in [9.17, 15) is 4.39 Å². The SMILES string of the molecule is Nc1ccc(Nc2cc(F)ccc2Br)c2ncccc12. The molecule has 0 spiro atoms. The molecular formula is C15H11BrFN3. The number of nitrogens with one attached hydrogen (secondary N) is 1. The Morgan fingerprint density at radius 2 is 1.95 bits per heavy atom. The lowest BCUT2D eigenvalue weighted by atomic mass is 10.1. The molecule has 0 atom stereocenters. The van der Waals surface area contributed by atoms with Gasteiger partial charge in [0.2, 0.25) is 0 Å². The van der Waals surface area contributed by atoms with Crippen molar-refractivity contribution in [3.8, 4) is 0 Å². The van der Waals surface area contributed by atoms with Crippen molar-refractivity contribution in [1.29, 1.82) is 0 Å². The number of nitrogen functional groups attached to an aromatic ring is 1. The second-order valence-electron chi connectivity index (χ2n) is 4.35. The summed E-state index contributed by atoms with van der Waals surface area (Å²) in [6.07, 6.45) is 1.70. The molecule has 0 aliphatic heterocycles. The highest BCUT2D eigenvalue weighted by Gasteiger charge is 2.07. The fraction of sp³-hybridized carbons (Fsp3) is 0. The molecule has 5 heteroatoms. The molecule has 0 bridgehead atoms. The van der Waals surface area contributed by atoms with Gasteiger partial charge in [-0.1, -0.05) is 0 Å². The van der Waals surface area contributed by atoms with Crippen LogP contribution >= 0.6 is 15.9 Å². The van der Waals surface area contributed by atoms with Gasteiger partial charge in [-0.05, 0) is 58.4 Å². The number of anilines is 3. The average molecular weight is 332 g/mol. The Balaban J connectivity index is 2.11. The zero-order chi connectivity index (χ0) is 14.1. The lowest BCUT2D eigenvalue weighted by Crippen LogP contribution is -1.96. The van der Waals surface area contributed by atoms with Gasteiger partial charge in [0.05, 0.1) is 16.9 Å². The third-order valence-electron chi connectivity index (χ3n) is 3.00. The Morgan fingerprint density at radius 1 is 1.10 bits per heavy atom. The summed E-state index contributed by atoms with van der Waals surface area (Å²) in [5.41, 5.74) is 8.77. The Morgan fingerprint density at radius 3 is 2.80 bits per heavy atom. The third kappa shape index (κ3) is 2.32. The van der Waals surface area contributed by atoms with Crippen LogP contribution in [-0.2, 0) is 0 Å². The predicted octanol–water partition coefficient (Wildman–Crippen LogP) is 4.46. The number of aromatic nitrogens is 1. The summed E-state index contributed by atoms with van der Waals surface area (Å²) in [6.45, 7) is 0. The molecule has 3 aromatic rings. The molecule has 0 fully saturated rings. The molecule has 0 saturated carbocycles. The summed E-state index contributed by atoms with van der Waals surface area (Å²) in [5, 5.41) is 4.04. The molecule has 1 aromatic heterocycles. The van der Waals surface area contributed by atoms with E-state index < -0.39 is 0 Å². The highest BCUT2D eigenvalue weighted by Crippen LogP contribution is 2.31. The second kappa shape index (κ2) is 5.09. The van der Waals surface area contributed by atoms with Gasteiger partial charge in [-0.3, -0.25) is 4.98 Å². The minimum Gasteiger partial charge on any atom is -0.398 e. The summed E-state index contributed by atoms with van der Waals surface area (Å²) in [5.74, 6) is -0.302. The Bertz CT molecular complexity index is 789. The first-order chi connectivity index (χ1) is 9.65. The molecule has 2 aromatic carbocycles. The van der Waals surface area contributed by atoms with Crippen LogP contribution in [0.4, 0.5) is 21.5 Å². The smallest absolute Gasteiger partial charge is 0.125 e. The van der Waals surface area contributed by atoms with Crippen LogP contribution in [0.15, 0.2) is 53.1 Å². The Labute approximate surface area is 123 Å². The van der Waals surface area contributed by atoms with E-state index in [2.05, 4.69) is 26.2 Å². The van der Waals surface area contributed by atoms with Gasteiger partial charge in [-0.15, -0.1) is 0 Å². The minimum atomic E-state index is -0.302. The van der Waals surface area contributed by atoms with Gasteiger partial charge < -0.3 is 11.1 Å². The fourth-order valence-corrected chi connectivity index (χ4v) is 2.38. The summed E-state index contributed by atoms with van der Waals surface area (Å²) in [7, 11) is 0. The van der Waals surface area contributed by atoms with E-state index >= 15 is 0 Å². The first-order valence-electron chi connectivity index (χ1n) is 6.00. The van der Waals surface area contributed by atoms with Gasteiger partial charge in [0.1, 0.15) is 5.82 Å². The van der Waals surface area contributed by atoms with E-state index in [1.807, 2.05) is 18.2 Å². The zero-order valence-electron chi connectivity index (χ0n) is 10.4. The maximum atomic E-state index is 13.3. The van der Waals surface area contributed by atoms with Crippen LogP contribution in [0, 0.1) is 5.82 Å². The average Bonchev–Trinajstić information content (AvgIpc) is 2.46. The molecule has 0 radical (unpaired) electrons. The number of pyridine rings is 1. The van der Waals surface area contributed by atoms with Crippen molar-refractivity contribution in [2.45, 2.75) is 0 Å². The number of rotatable bonds is 2. The van der Waals surface area contributed by atoms with E-state index in [1.54, 1.807) is 18.3 Å². The number of fused-ring (bicyclic) bond motifs is 1. The summed E-state index contributed by atoms with van der Waals surface area (Å²) >= 11 is 3.39. The van der Waals surface area contributed by atoms with Gasteiger partial charge in [-0.25, -0.2) is 4.39 Å². The number of nitrogens with two attached hydrogens (primary N) is 1.